The number of nitrogens with zero attached hydrogens (tertiary/aromatic N) is 2. The molecule has 0 aromatic heterocycles. The number of non-ortho nitro benzene ring substituents is 1. The predicted molar refractivity (Wildman–Crippen MR) is 85.5 cm³/mol. The van der Waals surface area contributed by atoms with Crippen LogP contribution in [0.2, 0.25) is 0 Å². The van der Waals surface area contributed by atoms with E-state index in [0.717, 1.165) is 18.7 Å². The van der Waals surface area contributed by atoms with Gasteiger partial charge in [-0.1, -0.05) is 13.8 Å². The Bertz CT molecular complexity index is 638. The number of anilines is 1. The first-order chi connectivity index (χ1) is 10.9. The van der Waals surface area contributed by atoms with Gasteiger partial charge in [0.25, 0.3) is 5.69 Å². The molecule has 2 aliphatic heterocycles. The normalized spacial score (nSPS) is 24.4. The second-order valence-corrected chi connectivity index (χ2v) is 6.73. The molecule has 1 N–H and O–H groups in total. The zero-order valence-corrected chi connectivity index (χ0v) is 13.4. The van der Waals surface area contributed by atoms with Crippen molar-refractivity contribution in [3.05, 3.63) is 33.9 Å². The van der Waals surface area contributed by atoms with Crippen molar-refractivity contribution in [3.8, 4) is 0 Å². The summed E-state index contributed by atoms with van der Waals surface area (Å²) in [5.74, 6) is -0.0979. The Labute approximate surface area is 134 Å². The van der Waals surface area contributed by atoms with Crippen LogP contribution in [0.5, 0.6) is 0 Å². The maximum absolute atomic E-state index is 12.7. The molecule has 1 saturated heterocycles. The number of carbonyl (C=O) groups excluding carboxylic acids is 1. The Hall–Kier alpha value is -1.99. The van der Waals surface area contributed by atoms with Crippen LogP contribution in [0.25, 0.3) is 0 Å². The topological polar surface area (TPSA) is 84.7 Å². The molecule has 3 rings (SSSR count). The van der Waals surface area contributed by atoms with Crippen molar-refractivity contribution in [2.75, 3.05) is 31.6 Å². The molecule has 0 spiro atoms. The number of ether oxygens (including phenoxy) is 1. The third kappa shape index (κ3) is 3.07. The van der Waals surface area contributed by atoms with Crippen molar-refractivity contribution < 1.29 is 14.5 Å². The summed E-state index contributed by atoms with van der Waals surface area (Å²) in [5, 5.41) is 13.9. The number of fused-ring (bicyclic) bond motifs is 1. The van der Waals surface area contributed by atoms with Crippen molar-refractivity contribution >= 4 is 17.3 Å². The highest BCUT2D eigenvalue weighted by atomic mass is 16.6. The number of benzene rings is 1. The van der Waals surface area contributed by atoms with Crippen molar-refractivity contribution in [2.24, 2.45) is 0 Å². The van der Waals surface area contributed by atoms with E-state index < -0.39 is 4.92 Å². The molecule has 0 saturated carbocycles. The Morgan fingerprint density at radius 1 is 1.35 bits per heavy atom. The molecule has 1 aromatic carbocycles. The number of nitrogens with one attached hydrogen (secondary N) is 1. The van der Waals surface area contributed by atoms with E-state index in [1.165, 1.54) is 12.1 Å². The van der Waals surface area contributed by atoms with E-state index >= 15 is 0 Å². The quantitative estimate of drug-likeness (QED) is 0.665. The van der Waals surface area contributed by atoms with Crippen molar-refractivity contribution in [1.29, 1.82) is 0 Å². The largest absolute Gasteiger partial charge is 0.379 e. The molecular formula is C16H21N3O4. The highest BCUT2D eigenvalue weighted by Crippen LogP contribution is 2.39. The van der Waals surface area contributed by atoms with Gasteiger partial charge < -0.3 is 10.1 Å². The van der Waals surface area contributed by atoms with E-state index in [-0.39, 0.29) is 23.1 Å². The van der Waals surface area contributed by atoms with Crippen LogP contribution < -0.4 is 5.32 Å². The van der Waals surface area contributed by atoms with E-state index in [1.807, 2.05) is 0 Å². The average Bonchev–Trinajstić information content (AvgIpc) is 2.62. The van der Waals surface area contributed by atoms with Gasteiger partial charge in [-0.05, 0) is 23.5 Å². The highest BCUT2D eigenvalue weighted by molar-refractivity contribution is 5.97. The number of rotatable bonds is 2. The maximum atomic E-state index is 12.7. The molecule has 7 nitrogen and oxygen atoms in total. The van der Waals surface area contributed by atoms with Gasteiger partial charge in [-0.15, -0.1) is 0 Å². The van der Waals surface area contributed by atoms with Crippen molar-refractivity contribution in [3.63, 3.8) is 0 Å². The first kappa shape index (κ1) is 15.9. The molecule has 1 atom stereocenters. The Balaban J connectivity index is 1.95. The van der Waals surface area contributed by atoms with Gasteiger partial charge >= 0.3 is 0 Å². The van der Waals surface area contributed by atoms with E-state index in [9.17, 15) is 14.9 Å². The molecular weight excluding hydrogens is 298 g/mol. The van der Waals surface area contributed by atoms with Gasteiger partial charge in [0.05, 0.1) is 29.9 Å². The minimum atomic E-state index is -0.441. The average molecular weight is 319 g/mol. The van der Waals surface area contributed by atoms with E-state index in [0.29, 0.717) is 25.3 Å². The lowest BCUT2D eigenvalue weighted by Crippen LogP contribution is -2.50. The SMILES string of the molecule is CC1(C)CC(N2CCOCC2)C(=O)Nc2cc([N+](=O)[O-])ccc21. The van der Waals surface area contributed by atoms with Crippen LogP contribution in [0.15, 0.2) is 18.2 Å². The maximum Gasteiger partial charge on any atom is 0.271 e. The molecule has 7 heteroatoms. The number of nitro groups is 1. The van der Waals surface area contributed by atoms with Crippen LogP contribution in [0.1, 0.15) is 25.8 Å². The monoisotopic (exact) mass is 319 g/mol. The third-order valence-corrected chi connectivity index (χ3v) is 4.69. The minimum absolute atomic E-state index is 0.00956. The smallest absolute Gasteiger partial charge is 0.271 e. The number of morpholine rings is 1. The lowest BCUT2D eigenvalue weighted by molar-refractivity contribution is -0.384. The first-order valence-corrected chi connectivity index (χ1v) is 7.80. The van der Waals surface area contributed by atoms with Crippen molar-refractivity contribution in [1.82, 2.24) is 4.90 Å². The van der Waals surface area contributed by atoms with Crippen LogP contribution in [0.3, 0.4) is 0 Å². The van der Waals surface area contributed by atoms with Gasteiger partial charge in [0.2, 0.25) is 5.91 Å². The second-order valence-electron chi connectivity index (χ2n) is 6.73. The number of nitro benzene ring substituents is 1. The molecule has 0 bridgehead atoms. The van der Waals surface area contributed by atoms with Crippen LogP contribution in [-0.4, -0.2) is 48.1 Å². The van der Waals surface area contributed by atoms with Gasteiger partial charge in [0, 0.05) is 25.2 Å². The van der Waals surface area contributed by atoms with Crippen LogP contribution in [0.4, 0.5) is 11.4 Å². The number of carbonyl (C=O) groups is 1. The fourth-order valence-corrected chi connectivity index (χ4v) is 3.43. The fraction of sp³-hybridized carbons (Fsp3) is 0.562. The van der Waals surface area contributed by atoms with Gasteiger partial charge in [-0.2, -0.15) is 0 Å². The molecule has 0 radical (unpaired) electrons. The molecule has 2 heterocycles. The summed E-state index contributed by atoms with van der Waals surface area (Å²) in [6.45, 7) is 6.86. The third-order valence-electron chi connectivity index (χ3n) is 4.69. The van der Waals surface area contributed by atoms with E-state index in [4.69, 9.17) is 4.74 Å². The standard InChI is InChI=1S/C16H21N3O4/c1-16(2)10-14(18-5-7-23-8-6-18)15(20)17-13-9-11(19(21)22)3-4-12(13)16/h3-4,9,14H,5-8,10H2,1-2H3,(H,17,20). The molecule has 124 valence electrons. The van der Waals surface area contributed by atoms with Crippen LogP contribution >= 0.6 is 0 Å². The summed E-state index contributed by atoms with van der Waals surface area (Å²) in [6, 6.07) is 4.47. The van der Waals surface area contributed by atoms with Gasteiger partial charge in [-0.25, -0.2) is 0 Å². The Morgan fingerprint density at radius 2 is 2.04 bits per heavy atom. The summed E-state index contributed by atoms with van der Waals surface area (Å²) in [4.78, 5) is 25.4. The summed E-state index contributed by atoms with van der Waals surface area (Å²) < 4.78 is 5.36. The molecule has 1 amide bonds. The Kier molecular flexibility index (Phi) is 4.08. The predicted octanol–water partition coefficient (Wildman–Crippen LogP) is 1.92. The summed E-state index contributed by atoms with van der Waals surface area (Å²) in [7, 11) is 0. The summed E-state index contributed by atoms with van der Waals surface area (Å²) >= 11 is 0. The molecule has 1 aromatic rings. The lowest BCUT2D eigenvalue weighted by atomic mass is 9.78. The van der Waals surface area contributed by atoms with E-state index in [2.05, 4.69) is 24.1 Å². The molecule has 23 heavy (non-hydrogen) atoms. The number of amides is 1. The van der Waals surface area contributed by atoms with Crippen LogP contribution in [-0.2, 0) is 14.9 Å². The second kappa shape index (κ2) is 5.90. The molecule has 2 aliphatic rings. The zero-order chi connectivity index (χ0) is 16.6. The van der Waals surface area contributed by atoms with Crippen molar-refractivity contribution in [2.45, 2.75) is 31.7 Å². The van der Waals surface area contributed by atoms with Gasteiger partial charge in [-0.3, -0.25) is 19.8 Å². The molecule has 1 fully saturated rings. The number of hydrogen-bond donors (Lipinski definition) is 1. The number of hydrogen-bond acceptors (Lipinski definition) is 5. The zero-order valence-electron chi connectivity index (χ0n) is 13.4. The first-order valence-electron chi connectivity index (χ1n) is 7.80. The highest BCUT2D eigenvalue weighted by Gasteiger charge is 2.38. The summed E-state index contributed by atoms with van der Waals surface area (Å²) in [5.41, 5.74) is 1.22. The van der Waals surface area contributed by atoms with E-state index in [1.54, 1.807) is 6.07 Å². The molecule has 0 aliphatic carbocycles. The fourth-order valence-electron chi connectivity index (χ4n) is 3.43. The van der Waals surface area contributed by atoms with Gasteiger partial charge in [0.15, 0.2) is 0 Å². The Morgan fingerprint density at radius 3 is 2.70 bits per heavy atom. The summed E-state index contributed by atoms with van der Waals surface area (Å²) in [6.07, 6.45) is 0.670. The minimum Gasteiger partial charge on any atom is -0.379 e. The lowest BCUT2D eigenvalue weighted by Gasteiger charge is -2.36. The van der Waals surface area contributed by atoms with Gasteiger partial charge in [0.1, 0.15) is 0 Å². The molecule has 1 unspecified atom stereocenters. The van der Waals surface area contributed by atoms with Crippen LogP contribution in [0, 0.1) is 10.1 Å².